The van der Waals surface area contributed by atoms with Gasteiger partial charge in [0.05, 0.1) is 6.42 Å². The second-order valence-corrected chi connectivity index (χ2v) is 3.89. The predicted molar refractivity (Wildman–Crippen MR) is 60.7 cm³/mol. The molecule has 0 aliphatic carbocycles. The largest absolute Gasteiger partial charge is 0.481 e. The van der Waals surface area contributed by atoms with E-state index in [0.717, 1.165) is 12.8 Å². The lowest BCUT2D eigenvalue weighted by Crippen LogP contribution is -2.34. The van der Waals surface area contributed by atoms with Crippen molar-refractivity contribution in [3.05, 3.63) is 0 Å². The van der Waals surface area contributed by atoms with Gasteiger partial charge in [0.15, 0.2) is 0 Å². The lowest BCUT2D eigenvalue weighted by atomic mass is 9.85. The van der Waals surface area contributed by atoms with Crippen LogP contribution in [0.1, 0.15) is 40.0 Å². The van der Waals surface area contributed by atoms with Crippen LogP contribution in [0.2, 0.25) is 0 Å². The van der Waals surface area contributed by atoms with Crippen LogP contribution in [-0.2, 0) is 4.79 Å². The summed E-state index contributed by atoms with van der Waals surface area (Å²) < 4.78 is 0. The van der Waals surface area contributed by atoms with Crippen LogP contribution in [0.15, 0.2) is 0 Å². The van der Waals surface area contributed by atoms with E-state index in [-0.39, 0.29) is 30.8 Å². The van der Waals surface area contributed by atoms with Gasteiger partial charge in [0, 0.05) is 6.04 Å². The first-order valence-electron chi connectivity index (χ1n) is 4.96. The number of carboxylic acid groups (broad SMARTS) is 1. The molecule has 0 aromatic heterocycles. The van der Waals surface area contributed by atoms with E-state index >= 15 is 0 Å². The fourth-order valence-electron chi connectivity index (χ4n) is 1.53. The first kappa shape index (κ1) is 16.2. The van der Waals surface area contributed by atoms with E-state index in [1.165, 1.54) is 0 Å². The van der Waals surface area contributed by atoms with Gasteiger partial charge < -0.3 is 10.8 Å². The van der Waals surface area contributed by atoms with Gasteiger partial charge in [0.1, 0.15) is 0 Å². The van der Waals surface area contributed by atoms with Gasteiger partial charge in [0.2, 0.25) is 0 Å². The number of aliphatic carboxylic acids is 1. The van der Waals surface area contributed by atoms with Crippen molar-refractivity contribution >= 4 is 18.4 Å². The molecule has 14 heavy (non-hydrogen) atoms. The third-order valence-corrected chi connectivity index (χ3v) is 2.73. The second-order valence-electron chi connectivity index (χ2n) is 3.89. The molecule has 0 aliphatic heterocycles. The molecule has 3 nitrogen and oxygen atoms in total. The fraction of sp³-hybridized carbons (Fsp3) is 0.900. The van der Waals surface area contributed by atoms with Crippen molar-refractivity contribution in [3.63, 3.8) is 0 Å². The quantitative estimate of drug-likeness (QED) is 0.726. The molecule has 0 fully saturated rings. The van der Waals surface area contributed by atoms with Gasteiger partial charge in [-0.3, -0.25) is 4.79 Å². The monoisotopic (exact) mass is 223 g/mol. The van der Waals surface area contributed by atoms with Gasteiger partial charge in [-0.15, -0.1) is 12.4 Å². The van der Waals surface area contributed by atoms with Crippen molar-refractivity contribution in [1.29, 1.82) is 0 Å². The first-order valence-corrected chi connectivity index (χ1v) is 4.96. The minimum atomic E-state index is -0.803. The maximum absolute atomic E-state index is 10.4. The van der Waals surface area contributed by atoms with Crippen molar-refractivity contribution in [2.45, 2.75) is 46.1 Å². The summed E-state index contributed by atoms with van der Waals surface area (Å²) in [5, 5.41) is 8.56. The van der Waals surface area contributed by atoms with Gasteiger partial charge in [0.25, 0.3) is 0 Å². The fourth-order valence-corrected chi connectivity index (χ4v) is 1.53. The molecule has 0 unspecified atom stereocenters. The van der Waals surface area contributed by atoms with Crippen LogP contribution in [0.25, 0.3) is 0 Å². The SMILES string of the molecule is CCC[C@@H](C)[C@@H](C)[C@H](N)CC(=O)O.Cl. The van der Waals surface area contributed by atoms with Gasteiger partial charge in [-0.1, -0.05) is 33.6 Å². The van der Waals surface area contributed by atoms with Crippen LogP contribution in [-0.4, -0.2) is 17.1 Å². The molecular weight excluding hydrogens is 202 g/mol. The zero-order valence-corrected chi connectivity index (χ0v) is 10.0. The van der Waals surface area contributed by atoms with E-state index in [4.69, 9.17) is 10.8 Å². The summed E-state index contributed by atoms with van der Waals surface area (Å²) in [4.78, 5) is 10.4. The zero-order valence-electron chi connectivity index (χ0n) is 9.19. The van der Waals surface area contributed by atoms with Crippen LogP contribution < -0.4 is 5.73 Å². The third kappa shape index (κ3) is 6.22. The Morgan fingerprint density at radius 1 is 1.43 bits per heavy atom. The number of nitrogens with two attached hydrogens (primary N) is 1. The number of carboxylic acids is 1. The molecule has 86 valence electrons. The molecule has 3 N–H and O–H groups in total. The Labute approximate surface area is 92.5 Å². The van der Waals surface area contributed by atoms with Gasteiger partial charge in [-0.2, -0.15) is 0 Å². The molecule has 0 saturated heterocycles. The normalized spacial score (nSPS) is 16.6. The zero-order chi connectivity index (χ0) is 10.4. The second kappa shape index (κ2) is 8.06. The van der Waals surface area contributed by atoms with Gasteiger partial charge in [-0.25, -0.2) is 0 Å². The minimum Gasteiger partial charge on any atom is -0.481 e. The Hall–Kier alpha value is -0.280. The Balaban J connectivity index is 0. The Morgan fingerprint density at radius 3 is 2.29 bits per heavy atom. The molecule has 4 heteroatoms. The first-order chi connectivity index (χ1) is 5.99. The summed E-state index contributed by atoms with van der Waals surface area (Å²) in [6.45, 7) is 6.30. The molecule has 3 atom stereocenters. The smallest absolute Gasteiger partial charge is 0.304 e. The number of rotatable bonds is 6. The highest BCUT2D eigenvalue weighted by molar-refractivity contribution is 5.85. The highest BCUT2D eigenvalue weighted by atomic mass is 35.5. The van der Waals surface area contributed by atoms with E-state index in [2.05, 4.69) is 13.8 Å². The van der Waals surface area contributed by atoms with E-state index in [1.807, 2.05) is 6.92 Å². The maximum atomic E-state index is 10.4. The maximum Gasteiger partial charge on any atom is 0.304 e. The van der Waals surface area contributed by atoms with Crippen molar-refractivity contribution in [2.75, 3.05) is 0 Å². The van der Waals surface area contributed by atoms with E-state index in [1.54, 1.807) is 0 Å². The highest BCUT2D eigenvalue weighted by Gasteiger charge is 2.20. The minimum absolute atomic E-state index is 0. The average Bonchev–Trinajstić information content (AvgIpc) is 2.02. The predicted octanol–water partition coefficient (Wildman–Crippen LogP) is 2.28. The van der Waals surface area contributed by atoms with E-state index < -0.39 is 5.97 Å². The Morgan fingerprint density at radius 2 is 1.93 bits per heavy atom. The number of carbonyl (C=O) groups is 1. The molecule has 0 bridgehead atoms. The Bertz CT molecular complexity index is 164. The molecule has 0 aromatic rings. The summed E-state index contributed by atoms with van der Waals surface area (Å²) in [6.07, 6.45) is 2.33. The number of halogens is 1. The summed E-state index contributed by atoms with van der Waals surface area (Å²) in [5.74, 6) is -0.00144. The van der Waals surface area contributed by atoms with Crippen LogP contribution in [0.3, 0.4) is 0 Å². The molecule has 0 spiro atoms. The van der Waals surface area contributed by atoms with Gasteiger partial charge >= 0.3 is 5.97 Å². The van der Waals surface area contributed by atoms with E-state index in [0.29, 0.717) is 5.92 Å². The van der Waals surface area contributed by atoms with Gasteiger partial charge in [-0.05, 0) is 11.8 Å². The standard InChI is InChI=1S/C10H21NO2.ClH/c1-4-5-7(2)8(3)9(11)6-10(12)13;/h7-9H,4-6,11H2,1-3H3,(H,12,13);1H/t7-,8-,9-;/m1./s1. The average molecular weight is 224 g/mol. The van der Waals surface area contributed by atoms with Crippen molar-refractivity contribution in [1.82, 2.24) is 0 Å². The Kier molecular flexibility index (Phi) is 9.31. The van der Waals surface area contributed by atoms with Crippen LogP contribution in [0.4, 0.5) is 0 Å². The van der Waals surface area contributed by atoms with Crippen molar-refractivity contribution in [3.8, 4) is 0 Å². The van der Waals surface area contributed by atoms with Crippen LogP contribution in [0.5, 0.6) is 0 Å². The van der Waals surface area contributed by atoms with Crippen molar-refractivity contribution < 1.29 is 9.90 Å². The topological polar surface area (TPSA) is 63.3 Å². The molecule has 0 aliphatic rings. The molecule has 0 saturated carbocycles. The molecule has 0 radical (unpaired) electrons. The van der Waals surface area contributed by atoms with Crippen LogP contribution in [0, 0.1) is 11.8 Å². The summed E-state index contributed by atoms with van der Waals surface area (Å²) in [7, 11) is 0. The molecule has 0 amide bonds. The molecular formula is C10H22ClNO2. The summed E-state index contributed by atoms with van der Waals surface area (Å²) in [6, 6.07) is -0.209. The molecule has 0 heterocycles. The highest BCUT2D eigenvalue weighted by Crippen LogP contribution is 2.20. The number of hydrogen-bond acceptors (Lipinski definition) is 2. The lowest BCUT2D eigenvalue weighted by molar-refractivity contribution is -0.137. The summed E-state index contributed by atoms with van der Waals surface area (Å²) >= 11 is 0. The molecule has 0 rings (SSSR count). The lowest BCUT2D eigenvalue weighted by Gasteiger charge is -2.24. The molecule has 0 aromatic carbocycles. The summed E-state index contributed by atoms with van der Waals surface area (Å²) in [5.41, 5.74) is 5.77. The van der Waals surface area contributed by atoms with Crippen molar-refractivity contribution in [2.24, 2.45) is 17.6 Å². The number of hydrogen-bond donors (Lipinski definition) is 2. The van der Waals surface area contributed by atoms with Crippen LogP contribution >= 0.6 is 12.4 Å². The van der Waals surface area contributed by atoms with E-state index in [9.17, 15) is 4.79 Å². The third-order valence-electron chi connectivity index (χ3n) is 2.73.